The average molecular weight is 543 g/mol. The number of aromatic nitrogens is 3. The van der Waals surface area contributed by atoms with E-state index >= 15 is 0 Å². The van der Waals surface area contributed by atoms with Gasteiger partial charge in [-0.25, -0.2) is 4.98 Å². The summed E-state index contributed by atoms with van der Waals surface area (Å²) in [4.78, 5) is 20.8. The molecule has 0 radical (unpaired) electrons. The zero-order valence-electron chi connectivity index (χ0n) is 23.4. The standard InChI is InChI=1S/C32H42N6O2/c1-21-19-33-32(35-27-8-5-22(6-9-27)20-38-15-13-28(39)14-16-38)37-31(21)36-30-24-4-2-3-23(17-24)18-25(30)7-12-29(40)34-26-10-11-26/h5-6,8-9,13-16,19,23-26,29-30,34,40H,2-4,7,10-12,17-18,20H2,1H3,(H2,33,35,36,37). The molecule has 5 unspecified atom stereocenters. The number of nitrogens with zero attached hydrogens (tertiary/aromatic N) is 3. The van der Waals surface area contributed by atoms with Crippen LogP contribution >= 0.6 is 0 Å². The molecule has 4 N–H and O–H groups in total. The molecule has 2 heterocycles. The zero-order valence-corrected chi connectivity index (χ0v) is 23.4. The third-order valence-electron chi connectivity index (χ3n) is 9.00. The Morgan fingerprint density at radius 3 is 2.62 bits per heavy atom. The van der Waals surface area contributed by atoms with Crippen molar-refractivity contribution in [3.8, 4) is 0 Å². The molecule has 212 valence electrons. The second kappa shape index (κ2) is 12.1. The van der Waals surface area contributed by atoms with Gasteiger partial charge in [-0.1, -0.05) is 25.0 Å². The number of hydrogen-bond donors (Lipinski definition) is 4. The maximum absolute atomic E-state index is 11.3. The van der Waals surface area contributed by atoms with Crippen molar-refractivity contribution in [2.45, 2.75) is 89.6 Å². The first-order valence-electron chi connectivity index (χ1n) is 15.0. The van der Waals surface area contributed by atoms with Gasteiger partial charge in [0.15, 0.2) is 5.43 Å². The SMILES string of the molecule is Cc1cnc(Nc2ccc(Cn3ccc(=O)cc3)cc2)nc1NC1C2CCCC(C2)CC1CCC(O)NC1CC1. The Hall–Kier alpha value is -3.23. The van der Waals surface area contributed by atoms with Gasteiger partial charge in [-0.2, -0.15) is 4.98 Å². The molecule has 0 saturated heterocycles. The maximum atomic E-state index is 11.3. The Labute approximate surface area is 236 Å². The lowest BCUT2D eigenvalue weighted by atomic mass is 9.64. The molecule has 0 aliphatic heterocycles. The molecule has 40 heavy (non-hydrogen) atoms. The summed E-state index contributed by atoms with van der Waals surface area (Å²) in [5, 5.41) is 21.1. The molecule has 6 rings (SSSR count). The van der Waals surface area contributed by atoms with E-state index in [1.54, 1.807) is 24.5 Å². The van der Waals surface area contributed by atoms with Gasteiger partial charge in [-0.15, -0.1) is 0 Å². The van der Waals surface area contributed by atoms with Gasteiger partial charge in [-0.05, 0) is 87.3 Å². The molecule has 3 aliphatic rings. The van der Waals surface area contributed by atoms with Crippen molar-refractivity contribution in [1.29, 1.82) is 0 Å². The van der Waals surface area contributed by atoms with E-state index in [1.807, 2.05) is 22.9 Å². The van der Waals surface area contributed by atoms with E-state index in [1.165, 1.54) is 44.9 Å². The van der Waals surface area contributed by atoms with E-state index in [4.69, 9.17) is 4.98 Å². The first-order valence-corrected chi connectivity index (χ1v) is 15.0. The quantitative estimate of drug-likeness (QED) is 0.247. The molecule has 8 heteroatoms. The summed E-state index contributed by atoms with van der Waals surface area (Å²) in [5.41, 5.74) is 3.15. The molecule has 5 atom stereocenters. The molecular weight excluding hydrogens is 500 g/mol. The van der Waals surface area contributed by atoms with Crippen molar-refractivity contribution in [2.24, 2.45) is 17.8 Å². The lowest BCUT2D eigenvalue weighted by Crippen LogP contribution is -2.45. The Morgan fingerprint density at radius 2 is 1.85 bits per heavy atom. The molecule has 0 spiro atoms. The third kappa shape index (κ3) is 6.91. The maximum Gasteiger partial charge on any atom is 0.229 e. The van der Waals surface area contributed by atoms with Crippen molar-refractivity contribution in [1.82, 2.24) is 19.9 Å². The highest BCUT2D eigenvalue weighted by molar-refractivity contribution is 5.56. The predicted octanol–water partition coefficient (Wildman–Crippen LogP) is 5.20. The first kappa shape index (κ1) is 27.0. The predicted molar refractivity (Wildman–Crippen MR) is 159 cm³/mol. The van der Waals surface area contributed by atoms with Gasteiger partial charge in [0, 0.05) is 60.6 Å². The molecule has 3 aromatic rings. The van der Waals surface area contributed by atoms with E-state index in [9.17, 15) is 9.90 Å². The summed E-state index contributed by atoms with van der Waals surface area (Å²) in [5.74, 6) is 3.52. The Kier molecular flexibility index (Phi) is 8.16. The number of aliphatic hydroxyl groups is 1. The number of benzene rings is 1. The van der Waals surface area contributed by atoms with Gasteiger partial charge in [0.05, 0.1) is 0 Å². The summed E-state index contributed by atoms with van der Waals surface area (Å²) >= 11 is 0. The number of fused-ring (bicyclic) bond motifs is 2. The Bertz CT molecular complexity index is 1320. The number of rotatable bonds is 11. The van der Waals surface area contributed by atoms with Crippen molar-refractivity contribution in [3.05, 3.63) is 76.3 Å². The number of anilines is 3. The highest BCUT2D eigenvalue weighted by atomic mass is 16.3. The van der Waals surface area contributed by atoms with Crippen LogP contribution in [0.5, 0.6) is 0 Å². The van der Waals surface area contributed by atoms with Crippen LogP contribution in [0.4, 0.5) is 17.5 Å². The van der Waals surface area contributed by atoms with Crippen molar-refractivity contribution < 1.29 is 5.11 Å². The van der Waals surface area contributed by atoms with E-state index in [-0.39, 0.29) is 5.43 Å². The summed E-state index contributed by atoms with van der Waals surface area (Å²) < 4.78 is 1.99. The fraction of sp³-hybridized carbons (Fsp3) is 0.531. The van der Waals surface area contributed by atoms with Crippen molar-refractivity contribution >= 4 is 17.5 Å². The minimum absolute atomic E-state index is 0.0182. The summed E-state index contributed by atoms with van der Waals surface area (Å²) in [6.45, 7) is 2.77. The van der Waals surface area contributed by atoms with Crippen LogP contribution in [0, 0.1) is 24.7 Å². The summed E-state index contributed by atoms with van der Waals surface area (Å²) in [6, 6.07) is 12.3. The van der Waals surface area contributed by atoms with Crippen molar-refractivity contribution in [3.63, 3.8) is 0 Å². The zero-order chi connectivity index (χ0) is 27.5. The van der Waals surface area contributed by atoms with Crippen LogP contribution in [0.15, 0.2) is 59.8 Å². The van der Waals surface area contributed by atoms with Gasteiger partial charge < -0.3 is 20.3 Å². The van der Waals surface area contributed by atoms with Gasteiger partial charge in [0.25, 0.3) is 0 Å². The number of hydrogen-bond acceptors (Lipinski definition) is 7. The first-order chi connectivity index (χ1) is 19.5. The van der Waals surface area contributed by atoms with Gasteiger partial charge in [-0.3, -0.25) is 10.1 Å². The molecule has 2 aromatic heterocycles. The normalized spacial score (nSPS) is 24.9. The van der Waals surface area contributed by atoms with Crippen LogP contribution in [0.2, 0.25) is 0 Å². The minimum atomic E-state index is -0.394. The second-order valence-electron chi connectivity index (χ2n) is 12.2. The van der Waals surface area contributed by atoms with Crippen LogP contribution in [0.25, 0.3) is 0 Å². The second-order valence-corrected chi connectivity index (χ2v) is 12.2. The lowest BCUT2D eigenvalue weighted by molar-refractivity contribution is 0.0822. The highest BCUT2D eigenvalue weighted by Gasteiger charge is 2.40. The van der Waals surface area contributed by atoms with Gasteiger partial charge in [0.1, 0.15) is 12.0 Å². The van der Waals surface area contributed by atoms with Gasteiger partial charge >= 0.3 is 0 Å². The van der Waals surface area contributed by atoms with Crippen molar-refractivity contribution in [2.75, 3.05) is 10.6 Å². The molecular formula is C32H42N6O2. The molecule has 0 amide bonds. The number of nitrogens with one attached hydrogen (secondary N) is 3. The molecule has 3 saturated carbocycles. The van der Waals surface area contributed by atoms with Crippen LogP contribution in [-0.4, -0.2) is 38.0 Å². The van der Waals surface area contributed by atoms with Crippen LogP contribution in [0.3, 0.4) is 0 Å². The van der Waals surface area contributed by atoms with E-state index in [0.717, 1.165) is 41.4 Å². The molecule has 8 nitrogen and oxygen atoms in total. The Balaban J connectivity index is 1.12. The molecule has 2 bridgehead atoms. The largest absolute Gasteiger partial charge is 0.379 e. The average Bonchev–Trinajstić information content (AvgIpc) is 3.77. The molecule has 3 aliphatic carbocycles. The van der Waals surface area contributed by atoms with Crippen LogP contribution < -0.4 is 21.4 Å². The monoisotopic (exact) mass is 542 g/mol. The number of aryl methyl sites for hydroxylation is 1. The number of pyridine rings is 1. The topological polar surface area (TPSA) is 104 Å². The van der Waals surface area contributed by atoms with Crippen LogP contribution in [0.1, 0.15) is 68.9 Å². The highest BCUT2D eigenvalue weighted by Crippen LogP contribution is 2.45. The minimum Gasteiger partial charge on any atom is -0.379 e. The van der Waals surface area contributed by atoms with E-state index < -0.39 is 6.23 Å². The van der Waals surface area contributed by atoms with Crippen LogP contribution in [-0.2, 0) is 6.54 Å². The Morgan fingerprint density at radius 1 is 1.05 bits per heavy atom. The van der Waals surface area contributed by atoms with E-state index in [2.05, 4.69) is 40.0 Å². The molecule has 3 fully saturated rings. The number of aliphatic hydroxyl groups excluding tert-OH is 1. The summed E-state index contributed by atoms with van der Waals surface area (Å²) in [7, 11) is 0. The lowest BCUT2D eigenvalue weighted by Gasteiger charge is -2.46. The smallest absolute Gasteiger partial charge is 0.229 e. The summed E-state index contributed by atoms with van der Waals surface area (Å²) in [6.07, 6.45) is 15.8. The fourth-order valence-electron chi connectivity index (χ4n) is 6.73. The molecule has 1 aromatic carbocycles. The van der Waals surface area contributed by atoms with E-state index in [0.29, 0.717) is 36.4 Å². The van der Waals surface area contributed by atoms with Gasteiger partial charge in [0.2, 0.25) is 5.95 Å². The fourth-order valence-corrected chi connectivity index (χ4v) is 6.73. The third-order valence-corrected chi connectivity index (χ3v) is 9.00.